The van der Waals surface area contributed by atoms with Crippen LogP contribution in [0.5, 0.6) is 0 Å². The molecule has 1 aliphatic heterocycles. The Morgan fingerprint density at radius 3 is 2.56 bits per heavy atom. The summed E-state index contributed by atoms with van der Waals surface area (Å²) in [4.78, 5) is 41.9. The number of hydrogen-bond acceptors (Lipinski definition) is 6. The third kappa shape index (κ3) is 5.00. The fraction of sp³-hybridized carbons (Fsp3) is 0.217. The van der Waals surface area contributed by atoms with Gasteiger partial charge in [0.2, 0.25) is 11.8 Å². The molecule has 0 spiro atoms. The second kappa shape index (κ2) is 9.42. The molecule has 1 fully saturated rings. The topological polar surface area (TPSA) is 102 Å². The number of carbonyl (C=O) groups is 3. The fourth-order valence-corrected chi connectivity index (χ4v) is 3.27. The van der Waals surface area contributed by atoms with Crippen molar-refractivity contribution in [2.45, 2.75) is 19.4 Å². The van der Waals surface area contributed by atoms with Crippen molar-refractivity contribution in [2.75, 3.05) is 18.0 Å². The van der Waals surface area contributed by atoms with Crippen molar-refractivity contribution in [3.63, 3.8) is 0 Å². The van der Waals surface area contributed by atoms with Crippen LogP contribution in [0.3, 0.4) is 0 Å². The summed E-state index contributed by atoms with van der Waals surface area (Å²) in [6.07, 6.45) is 2.70. The summed E-state index contributed by atoms with van der Waals surface area (Å²) in [5.74, 6) is -1.08. The second-order valence-electron chi connectivity index (χ2n) is 7.19. The summed E-state index contributed by atoms with van der Waals surface area (Å²) in [5.41, 5.74) is 2.09. The molecule has 2 amide bonds. The van der Waals surface area contributed by atoms with Crippen molar-refractivity contribution in [2.24, 2.45) is 0 Å². The van der Waals surface area contributed by atoms with Crippen molar-refractivity contribution in [1.29, 1.82) is 0 Å². The summed E-state index contributed by atoms with van der Waals surface area (Å²) >= 11 is 0. The molecule has 0 bridgehead atoms. The molecule has 1 saturated heterocycles. The van der Waals surface area contributed by atoms with Crippen LogP contribution in [0, 0.1) is 5.82 Å². The first-order valence-corrected chi connectivity index (χ1v) is 10.0. The molecule has 164 valence electrons. The Morgan fingerprint density at radius 2 is 1.88 bits per heavy atom. The van der Waals surface area contributed by atoms with E-state index >= 15 is 0 Å². The normalized spacial score (nSPS) is 13.3. The molecule has 0 unspecified atom stereocenters. The van der Waals surface area contributed by atoms with E-state index in [-0.39, 0.29) is 30.8 Å². The minimum absolute atomic E-state index is 0.0712. The van der Waals surface area contributed by atoms with Crippen LogP contribution in [0.1, 0.15) is 28.9 Å². The molecule has 2 aromatic carbocycles. The van der Waals surface area contributed by atoms with Gasteiger partial charge in [-0.15, -0.1) is 0 Å². The average Bonchev–Trinajstić information content (AvgIpc) is 3.46. The lowest BCUT2D eigenvalue weighted by Gasteiger charge is -2.15. The molecular weight excluding hydrogens is 417 g/mol. The minimum Gasteiger partial charge on any atom is -0.458 e. The number of anilines is 1. The summed E-state index contributed by atoms with van der Waals surface area (Å²) in [7, 11) is 0. The fourth-order valence-electron chi connectivity index (χ4n) is 3.27. The van der Waals surface area contributed by atoms with Crippen molar-refractivity contribution >= 4 is 23.5 Å². The number of carbonyl (C=O) groups excluding carboxylic acids is 3. The molecule has 9 heteroatoms. The van der Waals surface area contributed by atoms with Crippen LogP contribution in [0.25, 0.3) is 11.5 Å². The van der Waals surface area contributed by atoms with Gasteiger partial charge in [-0.25, -0.2) is 9.37 Å². The van der Waals surface area contributed by atoms with Gasteiger partial charge in [0.25, 0.3) is 5.91 Å². The number of aromatic nitrogens is 1. The Bertz CT molecular complexity index is 1130. The smallest absolute Gasteiger partial charge is 0.325 e. The molecule has 32 heavy (non-hydrogen) atoms. The molecule has 8 nitrogen and oxygen atoms in total. The van der Waals surface area contributed by atoms with Crippen LogP contribution in [0.2, 0.25) is 0 Å². The van der Waals surface area contributed by atoms with E-state index in [9.17, 15) is 18.8 Å². The molecule has 1 aromatic heterocycles. The number of ether oxygens (including phenoxy) is 1. The highest BCUT2D eigenvalue weighted by Gasteiger charge is 2.21. The largest absolute Gasteiger partial charge is 0.458 e. The third-order valence-electron chi connectivity index (χ3n) is 4.93. The highest BCUT2D eigenvalue weighted by atomic mass is 19.1. The number of oxazole rings is 1. The predicted molar refractivity (Wildman–Crippen MR) is 112 cm³/mol. The number of rotatable bonds is 7. The number of hydrogen-bond donors (Lipinski definition) is 1. The maximum absolute atomic E-state index is 13.0. The number of esters is 1. The van der Waals surface area contributed by atoms with Crippen LogP contribution in [-0.4, -0.2) is 35.9 Å². The van der Waals surface area contributed by atoms with Gasteiger partial charge >= 0.3 is 5.97 Å². The van der Waals surface area contributed by atoms with Gasteiger partial charge in [-0.05, 0) is 55.0 Å². The van der Waals surface area contributed by atoms with Gasteiger partial charge in [0.15, 0.2) is 0 Å². The Hall–Kier alpha value is -4.01. The minimum atomic E-state index is -0.635. The molecule has 0 atom stereocenters. The number of amides is 2. The molecule has 4 rings (SSSR count). The summed E-state index contributed by atoms with van der Waals surface area (Å²) in [5, 5.41) is 2.50. The van der Waals surface area contributed by atoms with E-state index in [1.165, 1.54) is 30.5 Å². The molecule has 1 aliphatic rings. The Labute approximate surface area is 183 Å². The first-order valence-electron chi connectivity index (χ1n) is 10.0. The Morgan fingerprint density at radius 1 is 1.12 bits per heavy atom. The lowest BCUT2D eigenvalue weighted by Crippen LogP contribution is -2.30. The highest BCUT2D eigenvalue weighted by Crippen LogP contribution is 2.22. The zero-order valence-electron chi connectivity index (χ0n) is 17.0. The number of nitrogens with one attached hydrogen (secondary N) is 1. The van der Waals surface area contributed by atoms with E-state index in [2.05, 4.69) is 10.3 Å². The monoisotopic (exact) mass is 437 g/mol. The van der Waals surface area contributed by atoms with Crippen LogP contribution in [0.4, 0.5) is 10.1 Å². The highest BCUT2D eigenvalue weighted by molar-refractivity contribution is 5.98. The Balaban J connectivity index is 1.24. The van der Waals surface area contributed by atoms with Gasteiger partial charge in [-0.3, -0.25) is 14.4 Å². The molecule has 0 saturated carbocycles. The Kier molecular flexibility index (Phi) is 6.25. The number of halogens is 1. The van der Waals surface area contributed by atoms with Crippen LogP contribution in [-0.2, 0) is 20.9 Å². The second-order valence-corrected chi connectivity index (χ2v) is 7.19. The van der Waals surface area contributed by atoms with Gasteiger partial charge in [0, 0.05) is 29.8 Å². The van der Waals surface area contributed by atoms with Crippen molar-refractivity contribution in [3.05, 3.63) is 71.9 Å². The SMILES string of the molecule is O=C(CNC(=O)c1ccc(N2CCCC2=O)cc1)OCc1coc(-c2ccc(F)cc2)n1. The lowest BCUT2D eigenvalue weighted by molar-refractivity contribution is -0.143. The van der Waals surface area contributed by atoms with Gasteiger partial charge < -0.3 is 19.4 Å². The van der Waals surface area contributed by atoms with Crippen LogP contribution < -0.4 is 10.2 Å². The van der Waals surface area contributed by atoms with Crippen molar-refractivity contribution < 1.29 is 27.9 Å². The van der Waals surface area contributed by atoms with E-state index in [1.54, 1.807) is 29.2 Å². The van der Waals surface area contributed by atoms with Crippen molar-refractivity contribution in [3.8, 4) is 11.5 Å². The lowest BCUT2D eigenvalue weighted by atomic mass is 10.2. The van der Waals surface area contributed by atoms with Gasteiger partial charge in [-0.2, -0.15) is 0 Å². The first kappa shape index (κ1) is 21.2. The quantitative estimate of drug-likeness (QED) is 0.570. The standard InChI is InChI=1S/C23H20FN3O5/c24-17-7-3-16(4-8-17)23-26-18(14-32-23)13-31-21(29)12-25-22(30)15-5-9-19(10-6-15)27-11-1-2-20(27)28/h3-10,14H,1-2,11-13H2,(H,25,30). The van der Waals surface area contributed by atoms with E-state index in [0.717, 1.165) is 12.1 Å². The van der Waals surface area contributed by atoms with E-state index in [1.807, 2.05) is 0 Å². The molecular formula is C23H20FN3O5. The van der Waals surface area contributed by atoms with Gasteiger partial charge in [0.05, 0.1) is 0 Å². The van der Waals surface area contributed by atoms with Crippen molar-refractivity contribution in [1.82, 2.24) is 10.3 Å². The van der Waals surface area contributed by atoms with E-state index in [0.29, 0.717) is 29.8 Å². The summed E-state index contributed by atoms with van der Waals surface area (Å²) in [6.45, 7) is 0.235. The average molecular weight is 437 g/mol. The maximum Gasteiger partial charge on any atom is 0.325 e. The van der Waals surface area contributed by atoms with Crippen LogP contribution in [0.15, 0.2) is 59.2 Å². The molecule has 0 radical (unpaired) electrons. The molecule has 0 aliphatic carbocycles. The molecule has 3 aromatic rings. The van der Waals surface area contributed by atoms with E-state index in [4.69, 9.17) is 9.15 Å². The maximum atomic E-state index is 13.0. The first-order chi connectivity index (χ1) is 15.5. The van der Waals surface area contributed by atoms with Gasteiger partial charge in [-0.1, -0.05) is 0 Å². The molecule has 1 N–H and O–H groups in total. The molecule has 2 heterocycles. The zero-order valence-corrected chi connectivity index (χ0v) is 17.0. The summed E-state index contributed by atoms with van der Waals surface area (Å²) < 4.78 is 23.4. The third-order valence-corrected chi connectivity index (χ3v) is 4.93. The number of benzene rings is 2. The van der Waals surface area contributed by atoms with Gasteiger partial charge in [0.1, 0.15) is 30.9 Å². The number of nitrogens with zero attached hydrogens (tertiary/aromatic N) is 2. The van der Waals surface area contributed by atoms with Crippen LogP contribution >= 0.6 is 0 Å². The predicted octanol–water partition coefficient (Wildman–Crippen LogP) is 3.08. The van der Waals surface area contributed by atoms with E-state index < -0.39 is 11.9 Å². The zero-order chi connectivity index (χ0) is 22.5. The summed E-state index contributed by atoms with van der Waals surface area (Å²) in [6, 6.07) is 12.3.